The van der Waals surface area contributed by atoms with Crippen LogP contribution in [0.2, 0.25) is 0 Å². The fourth-order valence-corrected chi connectivity index (χ4v) is 3.45. The number of benzene rings is 1. The lowest BCUT2D eigenvalue weighted by atomic mass is 10.0. The van der Waals surface area contributed by atoms with Gasteiger partial charge in [0.2, 0.25) is 0 Å². The highest BCUT2D eigenvalue weighted by Gasteiger charge is 2.24. The summed E-state index contributed by atoms with van der Waals surface area (Å²) >= 11 is 0. The smallest absolute Gasteiger partial charge is 0.145 e. The number of fused-ring (bicyclic) bond motifs is 1. The molecule has 1 aromatic heterocycles. The third kappa shape index (κ3) is 2.63. The van der Waals surface area contributed by atoms with E-state index in [0.29, 0.717) is 6.04 Å². The molecule has 2 aromatic rings. The summed E-state index contributed by atoms with van der Waals surface area (Å²) < 4.78 is 5.48. The van der Waals surface area contributed by atoms with Gasteiger partial charge in [-0.25, -0.2) is 0 Å². The molecule has 0 amide bonds. The molecule has 0 saturated carbocycles. The summed E-state index contributed by atoms with van der Waals surface area (Å²) in [7, 11) is 6.06. The molecule has 118 valence electrons. The van der Waals surface area contributed by atoms with Gasteiger partial charge in [-0.05, 0) is 45.5 Å². The Balaban J connectivity index is 2.08. The van der Waals surface area contributed by atoms with Crippen LogP contribution in [-0.2, 0) is 0 Å². The fourth-order valence-electron chi connectivity index (χ4n) is 3.45. The number of methoxy groups -OCH3 is 1. The zero-order chi connectivity index (χ0) is 15.7. The summed E-state index contributed by atoms with van der Waals surface area (Å²) in [5, 5.41) is 1.19. The van der Waals surface area contributed by atoms with E-state index in [1.807, 2.05) is 12.3 Å². The molecule has 1 aliphatic heterocycles. The maximum absolute atomic E-state index is 5.48. The molecule has 0 aliphatic carbocycles. The lowest BCUT2D eigenvalue weighted by molar-refractivity contribution is 0.258. The van der Waals surface area contributed by atoms with Gasteiger partial charge in [-0.2, -0.15) is 0 Å². The second-order valence-corrected chi connectivity index (χ2v) is 6.35. The van der Waals surface area contributed by atoms with Crippen LogP contribution in [-0.4, -0.2) is 50.2 Å². The minimum Gasteiger partial charge on any atom is -0.494 e. The highest BCUT2D eigenvalue weighted by Crippen LogP contribution is 2.35. The van der Waals surface area contributed by atoms with Gasteiger partial charge < -0.3 is 14.5 Å². The number of ether oxygens (including phenoxy) is 1. The van der Waals surface area contributed by atoms with Crippen LogP contribution in [0.3, 0.4) is 0 Å². The molecule has 4 heteroatoms. The van der Waals surface area contributed by atoms with Crippen molar-refractivity contribution >= 4 is 16.6 Å². The number of likely N-dealkylation sites (N-methyl/N-ethyl adjacent to an activating group) is 1. The van der Waals surface area contributed by atoms with Crippen molar-refractivity contribution in [2.24, 2.45) is 0 Å². The van der Waals surface area contributed by atoms with Crippen molar-refractivity contribution in [1.82, 2.24) is 9.88 Å². The van der Waals surface area contributed by atoms with E-state index in [2.05, 4.69) is 47.9 Å². The summed E-state index contributed by atoms with van der Waals surface area (Å²) in [6, 6.07) is 6.81. The topological polar surface area (TPSA) is 28.6 Å². The number of rotatable bonds is 3. The van der Waals surface area contributed by atoms with Crippen LogP contribution in [0.5, 0.6) is 5.75 Å². The van der Waals surface area contributed by atoms with Gasteiger partial charge in [0.25, 0.3) is 0 Å². The van der Waals surface area contributed by atoms with Gasteiger partial charge in [-0.1, -0.05) is 12.1 Å². The number of para-hydroxylation sites is 1. The minimum absolute atomic E-state index is 0.613. The zero-order valence-electron chi connectivity index (χ0n) is 14.0. The Kier molecular flexibility index (Phi) is 4.21. The molecule has 22 heavy (non-hydrogen) atoms. The molecular formula is C18H25N3O. The summed E-state index contributed by atoms with van der Waals surface area (Å²) in [4.78, 5) is 9.46. The predicted molar refractivity (Wildman–Crippen MR) is 92.0 cm³/mol. The van der Waals surface area contributed by atoms with Crippen LogP contribution >= 0.6 is 0 Å². The first-order chi connectivity index (χ1) is 10.6. The molecule has 4 nitrogen and oxygen atoms in total. The summed E-state index contributed by atoms with van der Waals surface area (Å²) in [5.74, 6) is 0.847. The average Bonchev–Trinajstić information content (AvgIpc) is 2.54. The number of anilines is 1. The van der Waals surface area contributed by atoms with E-state index in [9.17, 15) is 0 Å². The Morgan fingerprint density at radius 3 is 2.86 bits per heavy atom. The predicted octanol–water partition coefficient (Wildman–Crippen LogP) is 3.08. The maximum atomic E-state index is 5.48. The lowest BCUT2D eigenvalue weighted by Crippen LogP contribution is -2.45. The average molecular weight is 299 g/mol. The van der Waals surface area contributed by atoms with E-state index in [0.717, 1.165) is 24.4 Å². The molecule has 1 atom stereocenters. The van der Waals surface area contributed by atoms with Gasteiger partial charge in [0.1, 0.15) is 11.3 Å². The Bertz CT molecular complexity index is 669. The van der Waals surface area contributed by atoms with Crippen molar-refractivity contribution in [3.8, 4) is 5.75 Å². The van der Waals surface area contributed by atoms with Gasteiger partial charge in [0.05, 0.1) is 12.8 Å². The highest BCUT2D eigenvalue weighted by molar-refractivity contribution is 5.96. The van der Waals surface area contributed by atoms with Crippen LogP contribution in [0.15, 0.2) is 24.4 Å². The molecule has 1 unspecified atom stereocenters. The molecular weight excluding hydrogens is 274 g/mol. The molecule has 1 aromatic carbocycles. The van der Waals surface area contributed by atoms with E-state index in [1.54, 1.807) is 7.11 Å². The first-order valence-corrected chi connectivity index (χ1v) is 7.95. The normalized spacial score (nSPS) is 19.0. The van der Waals surface area contributed by atoms with Gasteiger partial charge in [0, 0.05) is 30.7 Å². The van der Waals surface area contributed by atoms with Crippen molar-refractivity contribution in [1.29, 1.82) is 0 Å². The third-order valence-electron chi connectivity index (χ3n) is 4.68. The van der Waals surface area contributed by atoms with Crippen molar-refractivity contribution in [2.45, 2.75) is 25.8 Å². The summed E-state index contributed by atoms with van der Waals surface area (Å²) in [6.07, 6.45) is 4.48. The molecule has 0 radical (unpaired) electrons. The number of aromatic nitrogens is 1. The second kappa shape index (κ2) is 6.13. The van der Waals surface area contributed by atoms with Crippen LogP contribution in [0, 0.1) is 6.92 Å². The van der Waals surface area contributed by atoms with Gasteiger partial charge in [-0.15, -0.1) is 0 Å². The van der Waals surface area contributed by atoms with Gasteiger partial charge in [-0.3, -0.25) is 4.98 Å². The van der Waals surface area contributed by atoms with E-state index in [1.165, 1.54) is 29.5 Å². The van der Waals surface area contributed by atoms with Crippen LogP contribution in [0.1, 0.15) is 18.4 Å². The van der Waals surface area contributed by atoms with Crippen molar-refractivity contribution < 1.29 is 4.74 Å². The summed E-state index contributed by atoms with van der Waals surface area (Å²) in [6.45, 7) is 4.34. The molecule has 3 rings (SSSR count). The Hall–Kier alpha value is -1.81. The summed E-state index contributed by atoms with van der Waals surface area (Å²) in [5.41, 5.74) is 3.51. The number of nitrogens with zero attached hydrogens (tertiary/aromatic N) is 3. The molecule has 1 saturated heterocycles. The molecule has 1 fully saturated rings. The van der Waals surface area contributed by atoms with E-state index in [-0.39, 0.29) is 0 Å². The van der Waals surface area contributed by atoms with E-state index < -0.39 is 0 Å². The van der Waals surface area contributed by atoms with E-state index in [4.69, 9.17) is 4.74 Å². The minimum atomic E-state index is 0.613. The number of pyridine rings is 1. The zero-order valence-corrected chi connectivity index (χ0v) is 14.0. The fraction of sp³-hybridized carbons (Fsp3) is 0.500. The quantitative estimate of drug-likeness (QED) is 0.871. The van der Waals surface area contributed by atoms with Gasteiger partial charge in [0.15, 0.2) is 0 Å². The molecule has 0 bridgehead atoms. The standard InChI is InChI=1S/C18H25N3O/c1-13-11-19-17-15(8-5-9-16(17)22-4)18(13)21-10-6-7-14(12-21)20(2)3/h5,8-9,11,14H,6-7,10,12H2,1-4H3. The first kappa shape index (κ1) is 15.1. The Morgan fingerprint density at radius 2 is 2.14 bits per heavy atom. The number of aryl methyl sites for hydroxylation is 1. The van der Waals surface area contributed by atoms with Gasteiger partial charge >= 0.3 is 0 Å². The van der Waals surface area contributed by atoms with Crippen LogP contribution in [0.4, 0.5) is 5.69 Å². The SMILES string of the molecule is COc1cccc2c(N3CCCC(N(C)C)C3)c(C)cnc12. The molecule has 0 spiro atoms. The number of hydrogen-bond donors (Lipinski definition) is 0. The number of hydrogen-bond acceptors (Lipinski definition) is 4. The Morgan fingerprint density at radius 1 is 1.32 bits per heavy atom. The largest absolute Gasteiger partial charge is 0.494 e. The second-order valence-electron chi connectivity index (χ2n) is 6.35. The Labute approximate surface area is 132 Å². The first-order valence-electron chi connectivity index (χ1n) is 7.95. The highest BCUT2D eigenvalue weighted by atomic mass is 16.5. The van der Waals surface area contributed by atoms with Crippen LogP contribution < -0.4 is 9.64 Å². The van der Waals surface area contributed by atoms with Crippen molar-refractivity contribution in [2.75, 3.05) is 39.2 Å². The molecule has 0 N–H and O–H groups in total. The lowest BCUT2D eigenvalue weighted by Gasteiger charge is -2.38. The maximum Gasteiger partial charge on any atom is 0.145 e. The molecule has 2 heterocycles. The third-order valence-corrected chi connectivity index (χ3v) is 4.68. The van der Waals surface area contributed by atoms with Crippen molar-refractivity contribution in [3.05, 3.63) is 30.0 Å². The van der Waals surface area contributed by atoms with Crippen molar-refractivity contribution in [3.63, 3.8) is 0 Å². The number of piperidine rings is 1. The monoisotopic (exact) mass is 299 g/mol. The van der Waals surface area contributed by atoms with Crippen LogP contribution in [0.25, 0.3) is 10.9 Å². The van der Waals surface area contributed by atoms with E-state index >= 15 is 0 Å². The molecule has 1 aliphatic rings.